The first-order valence-corrected chi connectivity index (χ1v) is 7.37. The van der Waals surface area contributed by atoms with E-state index in [0.29, 0.717) is 12.5 Å². The zero-order valence-electron chi connectivity index (χ0n) is 9.97. The van der Waals surface area contributed by atoms with E-state index >= 15 is 0 Å². The fourth-order valence-electron chi connectivity index (χ4n) is 1.71. The molecule has 0 heterocycles. The van der Waals surface area contributed by atoms with Gasteiger partial charge in [-0.25, -0.2) is 8.42 Å². The number of ether oxygens (including phenoxy) is 1. The molecule has 1 fully saturated rings. The Balaban J connectivity index is 2.54. The monoisotopic (exact) mass is 249 g/mol. The Bertz CT molecular complexity index is 348. The Hall–Kier alpha value is -0.620. The number of carbonyl (C=O) groups is 1. The number of esters is 1. The lowest BCUT2D eigenvalue weighted by Gasteiger charge is -2.25. The molecule has 94 valence electrons. The molecule has 0 radical (unpaired) electrons. The minimum Gasteiger partial charge on any atom is -0.468 e. The van der Waals surface area contributed by atoms with Gasteiger partial charge in [-0.1, -0.05) is 0 Å². The molecule has 0 N–H and O–H groups in total. The Kier molecular flexibility index (Phi) is 4.32. The van der Waals surface area contributed by atoms with Crippen molar-refractivity contribution >= 4 is 15.8 Å². The second-order valence-electron chi connectivity index (χ2n) is 4.42. The first-order chi connectivity index (χ1) is 7.35. The van der Waals surface area contributed by atoms with Gasteiger partial charge in [-0.3, -0.25) is 9.69 Å². The third kappa shape index (κ3) is 4.09. The van der Waals surface area contributed by atoms with Crippen molar-refractivity contribution in [3.8, 4) is 0 Å². The van der Waals surface area contributed by atoms with E-state index in [1.54, 1.807) is 11.9 Å². The second kappa shape index (κ2) is 5.14. The van der Waals surface area contributed by atoms with E-state index in [4.69, 9.17) is 4.74 Å². The molecule has 0 bridgehead atoms. The predicted molar refractivity (Wildman–Crippen MR) is 60.9 cm³/mol. The molecule has 1 aliphatic carbocycles. The van der Waals surface area contributed by atoms with Crippen molar-refractivity contribution in [1.82, 2.24) is 4.90 Å². The largest absolute Gasteiger partial charge is 0.468 e. The number of methoxy groups -OCH3 is 1. The van der Waals surface area contributed by atoms with Gasteiger partial charge < -0.3 is 4.74 Å². The topological polar surface area (TPSA) is 63.7 Å². The van der Waals surface area contributed by atoms with E-state index in [1.807, 2.05) is 0 Å². The van der Waals surface area contributed by atoms with Crippen LogP contribution < -0.4 is 0 Å². The summed E-state index contributed by atoms with van der Waals surface area (Å²) in [4.78, 5) is 13.3. The third-order valence-electron chi connectivity index (χ3n) is 2.80. The highest BCUT2D eigenvalue weighted by atomic mass is 32.2. The number of sulfone groups is 1. The molecule has 0 aromatic carbocycles. The zero-order chi connectivity index (χ0) is 12.3. The van der Waals surface area contributed by atoms with Gasteiger partial charge in [0.2, 0.25) is 0 Å². The van der Waals surface area contributed by atoms with Crippen LogP contribution in [0.15, 0.2) is 0 Å². The summed E-state index contributed by atoms with van der Waals surface area (Å²) in [6.07, 6.45) is 3.23. The van der Waals surface area contributed by atoms with Crippen molar-refractivity contribution < 1.29 is 17.9 Å². The molecule has 1 atom stereocenters. The number of hydrogen-bond donors (Lipinski definition) is 0. The van der Waals surface area contributed by atoms with E-state index in [-0.39, 0.29) is 17.8 Å². The van der Waals surface area contributed by atoms with Crippen LogP contribution in [0, 0.1) is 5.92 Å². The molecule has 6 heteroatoms. The summed E-state index contributed by atoms with van der Waals surface area (Å²) in [5.74, 6) is 0.138. The number of rotatable bonds is 6. The minimum atomic E-state index is -2.98. The van der Waals surface area contributed by atoms with E-state index < -0.39 is 9.84 Å². The van der Waals surface area contributed by atoms with Crippen LogP contribution in [0.25, 0.3) is 0 Å². The maximum atomic E-state index is 11.5. The molecule has 1 rings (SSSR count). The first kappa shape index (κ1) is 13.4. The van der Waals surface area contributed by atoms with Gasteiger partial charge >= 0.3 is 5.97 Å². The summed E-state index contributed by atoms with van der Waals surface area (Å²) in [5, 5.41) is 0. The molecule has 16 heavy (non-hydrogen) atoms. The fraction of sp³-hybridized carbons (Fsp3) is 0.900. The van der Waals surface area contributed by atoms with Crippen LogP contribution in [-0.4, -0.2) is 58.0 Å². The number of carbonyl (C=O) groups excluding carboxylic acids is 1. The highest BCUT2D eigenvalue weighted by Crippen LogP contribution is 2.35. The van der Waals surface area contributed by atoms with Gasteiger partial charge in [-0.15, -0.1) is 0 Å². The summed E-state index contributed by atoms with van der Waals surface area (Å²) < 4.78 is 26.8. The number of hydrogen-bond acceptors (Lipinski definition) is 5. The van der Waals surface area contributed by atoms with E-state index in [2.05, 4.69) is 0 Å². The molecule has 0 aromatic heterocycles. The van der Waals surface area contributed by atoms with Crippen LogP contribution >= 0.6 is 0 Å². The summed E-state index contributed by atoms with van der Waals surface area (Å²) in [7, 11) is 0.148. The predicted octanol–water partition coefficient (Wildman–Crippen LogP) is -0.0856. The highest BCUT2D eigenvalue weighted by molar-refractivity contribution is 7.90. The molecule has 0 saturated heterocycles. The van der Waals surface area contributed by atoms with Crippen LogP contribution in [0.3, 0.4) is 0 Å². The minimum absolute atomic E-state index is 0.0731. The lowest BCUT2D eigenvalue weighted by molar-refractivity contribution is -0.147. The molecule has 1 saturated carbocycles. The van der Waals surface area contributed by atoms with E-state index in [0.717, 1.165) is 12.8 Å². The van der Waals surface area contributed by atoms with Crippen LogP contribution in [-0.2, 0) is 19.4 Å². The van der Waals surface area contributed by atoms with Gasteiger partial charge in [0.05, 0.1) is 12.9 Å². The number of nitrogens with zero attached hydrogens (tertiary/aromatic N) is 1. The van der Waals surface area contributed by atoms with Crippen LogP contribution in [0.1, 0.15) is 12.8 Å². The fourth-order valence-corrected chi connectivity index (χ4v) is 2.33. The third-order valence-corrected chi connectivity index (χ3v) is 3.73. The zero-order valence-corrected chi connectivity index (χ0v) is 10.8. The van der Waals surface area contributed by atoms with Crippen molar-refractivity contribution in [2.24, 2.45) is 5.92 Å². The van der Waals surface area contributed by atoms with Crippen molar-refractivity contribution in [1.29, 1.82) is 0 Å². The van der Waals surface area contributed by atoms with Crippen molar-refractivity contribution in [3.05, 3.63) is 0 Å². The van der Waals surface area contributed by atoms with Crippen LogP contribution in [0.4, 0.5) is 0 Å². The van der Waals surface area contributed by atoms with Gasteiger partial charge in [0.25, 0.3) is 0 Å². The van der Waals surface area contributed by atoms with Crippen molar-refractivity contribution in [2.75, 3.05) is 32.7 Å². The van der Waals surface area contributed by atoms with Gasteiger partial charge in [0.1, 0.15) is 15.9 Å². The summed E-state index contributed by atoms with van der Waals surface area (Å²) in [5.41, 5.74) is 0. The molecule has 1 aliphatic rings. The molecule has 0 aliphatic heterocycles. The standard InChI is InChI=1S/C10H19NO4S/c1-11(6-7-16(3,13)14)9(8-4-5-8)10(12)15-2/h8-9H,4-7H2,1-3H3. The summed E-state index contributed by atoms with van der Waals surface area (Å²) in [6.45, 7) is 0.370. The normalized spacial score (nSPS) is 18.5. The average molecular weight is 249 g/mol. The second-order valence-corrected chi connectivity index (χ2v) is 6.68. The molecule has 0 aromatic rings. The van der Waals surface area contributed by atoms with Crippen molar-refractivity contribution in [2.45, 2.75) is 18.9 Å². The van der Waals surface area contributed by atoms with Gasteiger partial charge in [-0.05, 0) is 25.8 Å². The van der Waals surface area contributed by atoms with Crippen LogP contribution in [0.2, 0.25) is 0 Å². The van der Waals surface area contributed by atoms with Crippen molar-refractivity contribution in [3.63, 3.8) is 0 Å². The lowest BCUT2D eigenvalue weighted by atomic mass is 10.1. The molecular weight excluding hydrogens is 230 g/mol. The Morgan fingerprint density at radius 3 is 2.44 bits per heavy atom. The maximum absolute atomic E-state index is 11.5. The molecule has 0 amide bonds. The van der Waals surface area contributed by atoms with Crippen LogP contribution in [0.5, 0.6) is 0 Å². The molecule has 5 nitrogen and oxygen atoms in total. The SMILES string of the molecule is COC(=O)C(C1CC1)N(C)CCS(C)(=O)=O. The van der Waals surface area contributed by atoms with E-state index in [9.17, 15) is 13.2 Å². The van der Waals surface area contributed by atoms with Gasteiger partial charge in [0.15, 0.2) is 0 Å². The Morgan fingerprint density at radius 1 is 1.50 bits per heavy atom. The number of likely N-dealkylation sites (N-methyl/N-ethyl adjacent to an activating group) is 1. The first-order valence-electron chi connectivity index (χ1n) is 5.31. The molecule has 0 spiro atoms. The summed E-state index contributed by atoms with van der Waals surface area (Å²) in [6, 6.07) is -0.285. The average Bonchev–Trinajstić information content (AvgIpc) is 2.98. The smallest absolute Gasteiger partial charge is 0.323 e. The van der Waals surface area contributed by atoms with Gasteiger partial charge in [-0.2, -0.15) is 0 Å². The van der Waals surface area contributed by atoms with E-state index in [1.165, 1.54) is 13.4 Å². The Morgan fingerprint density at radius 2 is 2.06 bits per heavy atom. The molecule has 1 unspecified atom stereocenters. The van der Waals surface area contributed by atoms with Gasteiger partial charge in [0, 0.05) is 12.8 Å². The summed E-state index contributed by atoms with van der Waals surface area (Å²) >= 11 is 0. The molecular formula is C10H19NO4S. The lowest BCUT2D eigenvalue weighted by Crippen LogP contribution is -2.43. The maximum Gasteiger partial charge on any atom is 0.323 e. The highest BCUT2D eigenvalue weighted by Gasteiger charge is 2.39. The Labute approximate surface area is 96.7 Å². The quantitative estimate of drug-likeness (QED) is 0.616.